The molecule has 0 aromatic heterocycles. The fourth-order valence-corrected chi connectivity index (χ4v) is 3.22. The zero-order valence-corrected chi connectivity index (χ0v) is 22.1. The van der Waals surface area contributed by atoms with Crippen molar-refractivity contribution in [2.24, 2.45) is 4.99 Å². The Labute approximate surface area is 204 Å². The molecule has 0 radical (unpaired) electrons. The van der Waals surface area contributed by atoms with Gasteiger partial charge in [0.2, 0.25) is 0 Å². The Bertz CT molecular complexity index is 719. The Morgan fingerprint density at radius 3 is 2.65 bits per heavy atom. The lowest BCUT2D eigenvalue weighted by Gasteiger charge is -2.23. The first-order valence-electron chi connectivity index (χ1n) is 10.9. The molecule has 1 aliphatic rings. The number of halogens is 1. The molecule has 8 heteroatoms. The molecule has 2 rings (SSSR count). The van der Waals surface area contributed by atoms with Gasteiger partial charge in [0.1, 0.15) is 5.60 Å². The fourth-order valence-electron chi connectivity index (χ4n) is 3.22. The third kappa shape index (κ3) is 10.5. The van der Waals surface area contributed by atoms with Gasteiger partial charge >= 0.3 is 6.09 Å². The molecule has 1 atom stereocenters. The molecule has 0 spiro atoms. The summed E-state index contributed by atoms with van der Waals surface area (Å²) in [5.41, 5.74) is 1.81. The number of alkyl carbamates (subject to hydrolysis) is 1. The molecule has 0 bridgehead atoms. The summed E-state index contributed by atoms with van der Waals surface area (Å²) in [5.74, 6) is 0.870. The molecule has 1 aromatic rings. The number of hydrogen-bond acceptors (Lipinski definition) is 4. The number of amides is 1. The lowest BCUT2D eigenvalue weighted by atomic mass is 10.1. The van der Waals surface area contributed by atoms with Crippen molar-refractivity contribution in [1.82, 2.24) is 15.5 Å². The minimum absolute atomic E-state index is 0. The van der Waals surface area contributed by atoms with Gasteiger partial charge in [0, 0.05) is 19.6 Å². The van der Waals surface area contributed by atoms with Gasteiger partial charge in [0.25, 0.3) is 0 Å². The summed E-state index contributed by atoms with van der Waals surface area (Å²) in [6, 6.07) is 8.41. The minimum atomic E-state index is -0.493. The number of ether oxygens (including phenoxy) is 2. The van der Waals surface area contributed by atoms with Gasteiger partial charge in [-0.1, -0.05) is 24.3 Å². The van der Waals surface area contributed by atoms with Gasteiger partial charge in [0.15, 0.2) is 5.96 Å². The quantitative estimate of drug-likeness (QED) is 0.303. The third-order valence-electron chi connectivity index (χ3n) is 4.53. The fraction of sp³-hybridized carbons (Fsp3) is 0.652. The molecule has 1 unspecified atom stereocenters. The first kappa shape index (κ1) is 27.5. The number of aliphatic imine (C=N–C) groups is 1. The second-order valence-electron chi connectivity index (χ2n) is 8.93. The van der Waals surface area contributed by atoms with Crippen LogP contribution in [-0.4, -0.2) is 54.3 Å². The maximum absolute atomic E-state index is 12.0. The standard InChI is InChI=1S/C23H38N4O3.HI/c1-7-24-21(25-14-18-9-8-10-19(13-18)16-29-17(2)3)27-12-11-20(15-27)26-22(28)30-23(4,5)6;/h8-10,13,17,20H,7,11-12,14-16H2,1-6H3,(H,24,25)(H,26,28);1H. The summed E-state index contributed by atoms with van der Waals surface area (Å²) in [4.78, 5) is 19.1. The maximum Gasteiger partial charge on any atom is 0.407 e. The minimum Gasteiger partial charge on any atom is -0.444 e. The van der Waals surface area contributed by atoms with E-state index in [-0.39, 0.29) is 42.2 Å². The van der Waals surface area contributed by atoms with Crippen LogP contribution in [0.1, 0.15) is 59.1 Å². The van der Waals surface area contributed by atoms with Gasteiger partial charge < -0.3 is 25.0 Å². The van der Waals surface area contributed by atoms with Crippen LogP contribution in [0.3, 0.4) is 0 Å². The summed E-state index contributed by atoms with van der Waals surface area (Å²) >= 11 is 0. The van der Waals surface area contributed by atoms with Crippen LogP contribution in [0.4, 0.5) is 4.79 Å². The van der Waals surface area contributed by atoms with E-state index in [0.29, 0.717) is 19.7 Å². The number of carbonyl (C=O) groups excluding carboxylic acids is 1. The van der Waals surface area contributed by atoms with Crippen molar-refractivity contribution in [2.45, 2.75) is 78.9 Å². The van der Waals surface area contributed by atoms with E-state index >= 15 is 0 Å². The molecule has 1 saturated heterocycles. The molecular formula is C23H39IN4O3. The van der Waals surface area contributed by atoms with Crippen molar-refractivity contribution in [1.29, 1.82) is 0 Å². The molecule has 2 N–H and O–H groups in total. The Morgan fingerprint density at radius 1 is 1.29 bits per heavy atom. The van der Waals surface area contributed by atoms with E-state index in [1.54, 1.807) is 0 Å². The first-order chi connectivity index (χ1) is 14.2. The van der Waals surface area contributed by atoms with Crippen molar-refractivity contribution in [3.05, 3.63) is 35.4 Å². The Balaban J connectivity index is 0.00000480. The number of nitrogens with one attached hydrogen (secondary N) is 2. The molecule has 1 fully saturated rings. The second-order valence-corrected chi connectivity index (χ2v) is 8.93. The highest BCUT2D eigenvalue weighted by Gasteiger charge is 2.27. The topological polar surface area (TPSA) is 75.2 Å². The van der Waals surface area contributed by atoms with Gasteiger partial charge in [-0.3, -0.25) is 0 Å². The largest absolute Gasteiger partial charge is 0.444 e. The highest BCUT2D eigenvalue weighted by Crippen LogP contribution is 2.13. The Hall–Kier alpha value is -1.55. The highest BCUT2D eigenvalue weighted by atomic mass is 127. The van der Waals surface area contributed by atoms with E-state index in [4.69, 9.17) is 14.5 Å². The average molecular weight is 546 g/mol. The number of guanidine groups is 1. The summed E-state index contributed by atoms with van der Waals surface area (Å²) in [6.45, 7) is 15.3. The molecular weight excluding hydrogens is 507 g/mol. The Kier molecular flexibility index (Phi) is 11.6. The number of hydrogen-bond donors (Lipinski definition) is 2. The molecule has 31 heavy (non-hydrogen) atoms. The number of rotatable bonds is 7. The summed E-state index contributed by atoms with van der Waals surface area (Å²) < 4.78 is 11.1. The van der Waals surface area contributed by atoms with E-state index in [1.165, 1.54) is 0 Å². The first-order valence-corrected chi connectivity index (χ1v) is 10.9. The normalized spacial score (nSPS) is 16.8. The molecule has 1 aromatic carbocycles. The van der Waals surface area contributed by atoms with E-state index in [0.717, 1.165) is 36.6 Å². The van der Waals surface area contributed by atoms with Crippen LogP contribution < -0.4 is 10.6 Å². The van der Waals surface area contributed by atoms with E-state index in [2.05, 4.69) is 40.7 Å². The molecule has 1 amide bonds. The second kappa shape index (κ2) is 13.1. The maximum atomic E-state index is 12.0. The predicted molar refractivity (Wildman–Crippen MR) is 136 cm³/mol. The van der Waals surface area contributed by atoms with E-state index in [9.17, 15) is 4.79 Å². The molecule has 176 valence electrons. The number of benzene rings is 1. The molecule has 1 heterocycles. The zero-order valence-electron chi connectivity index (χ0n) is 19.7. The van der Waals surface area contributed by atoms with Gasteiger partial charge in [-0.25, -0.2) is 9.79 Å². The predicted octanol–water partition coefficient (Wildman–Crippen LogP) is 4.29. The van der Waals surface area contributed by atoms with Crippen LogP contribution in [0, 0.1) is 0 Å². The zero-order chi connectivity index (χ0) is 22.1. The van der Waals surface area contributed by atoms with Crippen LogP contribution in [-0.2, 0) is 22.6 Å². The van der Waals surface area contributed by atoms with Crippen molar-refractivity contribution in [2.75, 3.05) is 19.6 Å². The third-order valence-corrected chi connectivity index (χ3v) is 4.53. The molecule has 1 aliphatic heterocycles. The lowest BCUT2D eigenvalue weighted by molar-refractivity contribution is 0.0507. The SMILES string of the molecule is CCNC(=NCc1cccc(COC(C)C)c1)N1CCC(NC(=O)OC(C)(C)C)C1.I. The summed E-state index contributed by atoms with van der Waals surface area (Å²) in [5, 5.41) is 6.34. The van der Waals surface area contributed by atoms with Crippen molar-refractivity contribution in [3.63, 3.8) is 0 Å². The van der Waals surface area contributed by atoms with E-state index < -0.39 is 5.60 Å². The highest BCUT2D eigenvalue weighted by molar-refractivity contribution is 14.0. The smallest absolute Gasteiger partial charge is 0.407 e. The van der Waals surface area contributed by atoms with Gasteiger partial charge in [-0.2, -0.15) is 0 Å². The van der Waals surface area contributed by atoms with Crippen molar-refractivity contribution in [3.8, 4) is 0 Å². The van der Waals surface area contributed by atoms with Crippen LogP contribution in [0.2, 0.25) is 0 Å². The molecule has 0 saturated carbocycles. The van der Waals surface area contributed by atoms with Gasteiger partial charge in [-0.05, 0) is 59.1 Å². The number of carbonyl (C=O) groups is 1. The van der Waals surface area contributed by atoms with Crippen molar-refractivity contribution < 1.29 is 14.3 Å². The lowest BCUT2D eigenvalue weighted by Crippen LogP contribution is -2.44. The van der Waals surface area contributed by atoms with Crippen molar-refractivity contribution >= 4 is 36.0 Å². The number of likely N-dealkylation sites (tertiary alicyclic amines) is 1. The molecule has 7 nitrogen and oxygen atoms in total. The van der Waals surface area contributed by atoms with Crippen LogP contribution in [0.25, 0.3) is 0 Å². The average Bonchev–Trinajstić information content (AvgIpc) is 3.10. The molecule has 0 aliphatic carbocycles. The van der Waals surface area contributed by atoms with Crippen LogP contribution >= 0.6 is 24.0 Å². The van der Waals surface area contributed by atoms with Crippen LogP contribution in [0.15, 0.2) is 29.3 Å². The summed E-state index contributed by atoms with van der Waals surface area (Å²) in [6.07, 6.45) is 0.715. The van der Waals surface area contributed by atoms with Gasteiger partial charge in [0.05, 0.1) is 25.3 Å². The van der Waals surface area contributed by atoms with Gasteiger partial charge in [-0.15, -0.1) is 24.0 Å². The van der Waals surface area contributed by atoms with E-state index in [1.807, 2.05) is 40.7 Å². The Morgan fingerprint density at radius 2 is 2.00 bits per heavy atom. The summed E-state index contributed by atoms with van der Waals surface area (Å²) in [7, 11) is 0. The monoisotopic (exact) mass is 546 g/mol. The number of nitrogens with zero attached hydrogens (tertiary/aromatic N) is 2. The van der Waals surface area contributed by atoms with Crippen LogP contribution in [0.5, 0.6) is 0 Å².